The zero-order valence-electron chi connectivity index (χ0n) is 11.4. The largest absolute Gasteiger partial charge is 0.479 e. The van der Waals surface area contributed by atoms with E-state index in [0.29, 0.717) is 38.0 Å². The quantitative estimate of drug-likeness (QED) is 0.861. The molecule has 106 valence electrons. The van der Waals surface area contributed by atoms with Crippen LogP contribution in [0.25, 0.3) is 0 Å². The molecule has 7 heteroatoms. The second-order valence-corrected chi connectivity index (χ2v) is 5.70. The predicted molar refractivity (Wildman–Crippen MR) is 65.7 cm³/mol. The Bertz CT molecular complexity index is 452. The molecule has 0 aromatic carbocycles. The van der Waals surface area contributed by atoms with Crippen molar-refractivity contribution in [2.24, 2.45) is 0 Å². The van der Waals surface area contributed by atoms with E-state index in [9.17, 15) is 4.79 Å². The van der Waals surface area contributed by atoms with Crippen molar-refractivity contribution in [2.45, 2.75) is 38.8 Å². The molecule has 1 aliphatic heterocycles. The number of aromatic nitrogens is 2. The summed E-state index contributed by atoms with van der Waals surface area (Å²) in [4.78, 5) is 17.2. The highest BCUT2D eigenvalue weighted by molar-refractivity contribution is 5.72. The summed E-state index contributed by atoms with van der Waals surface area (Å²) < 4.78 is 10.4. The van der Waals surface area contributed by atoms with Gasteiger partial charge in [0.1, 0.15) is 0 Å². The lowest BCUT2D eigenvalue weighted by Crippen LogP contribution is -2.45. The highest BCUT2D eigenvalue weighted by Crippen LogP contribution is 2.20. The predicted octanol–water partition coefficient (Wildman–Crippen LogP) is 0.653. The minimum absolute atomic E-state index is 0.181. The van der Waals surface area contributed by atoms with Gasteiger partial charge in [-0.05, 0) is 0 Å². The molecule has 0 saturated carbocycles. The lowest BCUT2D eigenvalue weighted by molar-refractivity contribution is -0.156. The lowest BCUT2D eigenvalue weighted by Gasteiger charge is -2.29. The SMILES string of the molecule is CC(C)(C)c1nc(CN2CCOC(C(=O)O)C2)no1. The first kappa shape index (κ1) is 14.0. The summed E-state index contributed by atoms with van der Waals surface area (Å²) >= 11 is 0. The number of hydrogen-bond acceptors (Lipinski definition) is 6. The van der Waals surface area contributed by atoms with Crippen molar-refractivity contribution in [1.29, 1.82) is 0 Å². The van der Waals surface area contributed by atoms with Crippen LogP contribution in [0.5, 0.6) is 0 Å². The highest BCUT2D eigenvalue weighted by atomic mass is 16.5. The summed E-state index contributed by atoms with van der Waals surface area (Å²) in [5, 5.41) is 12.9. The van der Waals surface area contributed by atoms with Gasteiger partial charge in [-0.1, -0.05) is 25.9 Å². The molecule has 1 N–H and O–H groups in total. The molecule has 1 fully saturated rings. The fraction of sp³-hybridized carbons (Fsp3) is 0.750. The van der Waals surface area contributed by atoms with Gasteiger partial charge in [-0.25, -0.2) is 4.79 Å². The maximum Gasteiger partial charge on any atom is 0.334 e. The number of ether oxygens (including phenoxy) is 1. The molecule has 0 radical (unpaired) electrons. The van der Waals surface area contributed by atoms with Crippen LogP contribution in [0.3, 0.4) is 0 Å². The topological polar surface area (TPSA) is 88.7 Å². The van der Waals surface area contributed by atoms with Gasteiger partial charge in [0.25, 0.3) is 0 Å². The van der Waals surface area contributed by atoms with Crippen LogP contribution in [-0.4, -0.2) is 51.9 Å². The minimum atomic E-state index is -0.937. The van der Waals surface area contributed by atoms with Crippen molar-refractivity contribution in [3.05, 3.63) is 11.7 Å². The Morgan fingerprint density at radius 3 is 2.84 bits per heavy atom. The highest BCUT2D eigenvalue weighted by Gasteiger charge is 2.28. The summed E-state index contributed by atoms with van der Waals surface area (Å²) in [6.07, 6.45) is -0.775. The molecule has 1 aromatic heterocycles. The smallest absolute Gasteiger partial charge is 0.334 e. The van der Waals surface area contributed by atoms with E-state index in [-0.39, 0.29) is 5.41 Å². The third kappa shape index (κ3) is 3.51. The Morgan fingerprint density at radius 2 is 2.26 bits per heavy atom. The fourth-order valence-corrected chi connectivity index (χ4v) is 1.82. The van der Waals surface area contributed by atoms with E-state index in [2.05, 4.69) is 10.1 Å². The van der Waals surface area contributed by atoms with Crippen LogP contribution in [0.2, 0.25) is 0 Å². The van der Waals surface area contributed by atoms with Gasteiger partial charge >= 0.3 is 5.97 Å². The number of carboxylic acids is 1. The zero-order valence-corrected chi connectivity index (χ0v) is 11.4. The van der Waals surface area contributed by atoms with E-state index in [4.69, 9.17) is 14.4 Å². The molecule has 1 saturated heterocycles. The molecule has 1 aromatic rings. The number of carbonyl (C=O) groups is 1. The van der Waals surface area contributed by atoms with Gasteiger partial charge in [-0.3, -0.25) is 4.90 Å². The monoisotopic (exact) mass is 269 g/mol. The van der Waals surface area contributed by atoms with Crippen LogP contribution in [-0.2, 0) is 21.5 Å². The van der Waals surface area contributed by atoms with Gasteiger partial charge in [0, 0.05) is 18.5 Å². The second kappa shape index (κ2) is 5.26. The summed E-state index contributed by atoms with van der Waals surface area (Å²) in [5.41, 5.74) is -0.181. The van der Waals surface area contributed by atoms with Gasteiger partial charge in [-0.2, -0.15) is 4.98 Å². The van der Waals surface area contributed by atoms with Gasteiger partial charge < -0.3 is 14.4 Å². The van der Waals surface area contributed by atoms with Crippen molar-refractivity contribution in [3.63, 3.8) is 0 Å². The number of aliphatic carboxylic acids is 1. The Kier molecular flexibility index (Phi) is 3.86. The van der Waals surface area contributed by atoms with E-state index in [1.54, 1.807) is 0 Å². The molecule has 2 rings (SSSR count). The first-order valence-corrected chi connectivity index (χ1v) is 6.26. The summed E-state index contributed by atoms with van der Waals surface area (Å²) in [6.45, 7) is 7.89. The first-order chi connectivity index (χ1) is 8.86. The molecule has 2 heterocycles. The number of carboxylic acid groups (broad SMARTS) is 1. The van der Waals surface area contributed by atoms with E-state index in [1.807, 2.05) is 25.7 Å². The third-order valence-electron chi connectivity index (χ3n) is 2.90. The molecular formula is C12H19N3O4. The Balaban J connectivity index is 1.97. The molecule has 0 bridgehead atoms. The van der Waals surface area contributed by atoms with Gasteiger partial charge in [0.15, 0.2) is 11.9 Å². The van der Waals surface area contributed by atoms with E-state index < -0.39 is 12.1 Å². The zero-order chi connectivity index (χ0) is 14.0. The molecule has 1 atom stereocenters. The summed E-state index contributed by atoms with van der Waals surface area (Å²) in [7, 11) is 0. The van der Waals surface area contributed by atoms with Gasteiger partial charge in [0.05, 0.1) is 13.2 Å². The summed E-state index contributed by atoms with van der Waals surface area (Å²) in [6, 6.07) is 0. The Hall–Kier alpha value is -1.47. The molecule has 1 aliphatic rings. The molecule has 19 heavy (non-hydrogen) atoms. The van der Waals surface area contributed by atoms with Crippen molar-refractivity contribution in [1.82, 2.24) is 15.0 Å². The lowest BCUT2D eigenvalue weighted by atomic mass is 9.97. The van der Waals surface area contributed by atoms with E-state index >= 15 is 0 Å². The third-order valence-corrected chi connectivity index (χ3v) is 2.90. The molecule has 0 aliphatic carbocycles. The molecule has 0 amide bonds. The second-order valence-electron chi connectivity index (χ2n) is 5.70. The number of hydrogen-bond donors (Lipinski definition) is 1. The normalized spacial score (nSPS) is 21.5. The van der Waals surface area contributed by atoms with Gasteiger partial charge in [0.2, 0.25) is 5.89 Å². The van der Waals surface area contributed by atoms with Crippen LogP contribution in [0.15, 0.2) is 4.52 Å². The number of nitrogens with zero attached hydrogens (tertiary/aromatic N) is 3. The summed E-state index contributed by atoms with van der Waals surface area (Å²) in [5.74, 6) is 0.231. The van der Waals surface area contributed by atoms with Crippen molar-refractivity contribution in [2.75, 3.05) is 19.7 Å². The molecule has 1 unspecified atom stereocenters. The standard InChI is InChI=1S/C12H19N3O4/c1-12(2,3)11-13-9(14-19-11)7-15-4-5-18-8(6-15)10(16)17/h8H,4-7H2,1-3H3,(H,16,17). The van der Waals surface area contributed by atoms with Crippen LogP contribution in [0.4, 0.5) is 0 Å². The van der Waals surface area contributed by atoms with Crippen LogP contribution < -0.4 is 0 Å². The van der Waals surface area contributed by atoms with Crippen molar-refractivity contribution in [3.8, 4) is 0 Å². The Labute approximate surface area is 111 Å². The first-order valence-electron chi connectivity index (χ1n) is 6.26. The van der Waals surface area contributed by atoms with Crippen molar-refractivity contribution < 1.29 is 19.2 Å². The molecule has 0 spiro atoms. The van der Waals surface area contributed by atoms with Gasteiger partial charge in [-0.15, -0.1) is 0 Å². The van der Waals surface area contributed by atoms with Crippen molar-refractivity contribution >= 4 is 5.97 Å². The van der Waals surface area contributed by atoms with E-state index in [0.717, 1.165) is 0 Å². The fourth-order valence-electron chi connectivity index (χ4n) is 1.82. The van der Waals surface area contributed by atoms with Crippen LogP contribution in [0, 0.1) is 0 Å². The number of rotatable bonds is 3. The average Bonchev–Trinajstić information content (AvgIpc) is 2.77. The maximum atomic E-state index is 10.9. The Morgan fingerprint density at radius 1 is 1.53 bits per heavy atom. The molecular weight excluding hydrogens is 250 g/mol. The maximum absolute atomic E-state index is 10.9. The van der Waals surface area contributed by atoms with Crippen LogP contribution >= 0.6 is 0 Å². The minimum Gasteiger partial charge on any atom is -0.479 e. The van der Waals surface area contributed by atoms with Crippen LogP contribution in [0.1, 0.15) is 32.5 Å². The average molecular weight is 269 g/mol. The van der Waals surface area contributed by atoms with E-state index in [1.165, 1.54) is 0 Å². The number of morpholine rings is 1. The molecule has 7 nitrogen and oxygen atoms in total.